The molecule has 3 amide bonds. The molecular formula is C25H25N3O5. The van der Waals surface area contributed by atoms with Gasteiger partial charge in [-0.1, -0.05) is 12.1 Å². The van der Waals surface area contributed by atoms with Crippen LogP contribution in [0.3, 0.4) is 0 Å². The maximum absolute atomic E-state index is 13.0. The van der Waals surface area contributed by atoms with Crippen LogP contribution in [0.1, 0.15) is 36.8 Å². The summed E-state index contributed by atoms with van der Waals surface area (Å²) in [4.78, 5) is 41.5. The van der Waals surface area contributed by atoms with Crippen molar-refractivity contribution in [1.29, 1.82) is 0 Å². The highest BCUT2D eigenvalue weighted by molar-refractivity contribution is 6.03. The molecule has 0 spiro atoms. The largest absolute Gasteiger partial charge is 0.496 e. The topological polar surface area (TPSA) is 92.1 Å². The second-order valence-electron chi connectivity index (χ2n) is 7.78. The van der Waals surface area contributed by atoms with Crippen molar-refractivity contribution in [2.24, 2.45) is 0 Å². The molecule has 1 aliphatic rings. The first-order chi connectivity index (χ1) is 16.0. The van der Waals surface area contributed by atoms with E-state index in [4.69, 9.17) is 9.15 Å². The molecule has 0 radical (unpaired) electrons. The maximum atomic E-state index is 13.0. The van der Waals surface area contributed by atoms with E-state index in [1.54, 1.807) is 65.4 Å². The molecule has 0 aliphatic carbocycles. The monoisotopic (exact) mass is 447 g/mol. The lowest BCUT2D eigenvalue weighted by Crippen LogP contribution is -2.50. The number of benzene rings is 2. The molecule has 4 rings (SSSR count). The van der Waals surface area contributed by atoms with Crippen LogP contribution in [0.4, 0.5) is 5.69 Å². The summed E-state index contributed by atoms with van der Waals surface area (Å²) in [7, 11) is 1.58. The molecule has 2 heterocycles. The first-order valence-corrected chi connectivity index (χ1v) is 10.6. The number of aryl methyl sites for hydroxylation is 1. The normalized spacial score (nSPS) is 13.5. The van der Waals surface area contributed by atoms with Gasteiger partial charge in [0.05, 0.1) is 13.4 Å². The van der Waals surface area contributed by atoms with Gasteiger partial charge in [-0.25, -0.2) is 0 Å². The second-order valence-corrected chi connectivity index (χ2v) is 7.78. The number of anilines is 1. The number of hydrogen-bond acceptors (Lipinski definition) is 5. The van der Waals surface area contributed by atoms with Gasteiger partial charge in [0.15, 0.2) is 5.76 Å². The van der Waals surface area contributed by atoms with Crippen molar-refractivity contribution in [3.05, 3.63) is 83.3 Å². The van der Waals surface area contributed by atoms with Crippen LogP contribution in [0, 0.1) is 6.92 Å². The van der Waals surface area contributed by atoms with Crippen molar-refractivity contribution in [3.63, 3.8) is 0 Å². The summed E-state index contributed by atoms with van der Waals surface area (Å²) in [5.41, 5.74) is 2.50. The molecule has 0 unspecified atom stereocenters. The molecule has 8 heteroatoms. The summed E-state index contributed by atoms with van der Waals surface area (Å²) < 4.78 is 10.4. The molecule has 1 saturated heterocycles. The summed E-state index contributed by atoms with van der Waals surface area (Å²) in [6, 6.07) is 15.4. The smallest absolute Gasteiger partial charge is 0.291 e. The Balaban J connectivity index is 1.37. The van der Waals surface area contributed by atoms with E-state index >= 15 is 0 Å². The Morgan fingerprint density at radius 1 is 0.879 bits per heavy atom. The summed E-state index contributed by atoms with van der Waals surface area (Å²) in [6.07, 6.45) is 1.43. The van der Waals surface area contributed by atoms with Crippen molar-refractivity contribution < 1.29 is 23.5 Å². The van der Waals surface area contributed by atoms with Crippen molar-refractivity contribution >= 4 is 23.4 Å². The number of amides is 3. The molecule has 2 aromatic carbocycles. The number of ether oxygens (including phenoxy) is 1. The predicted octanol–water partition coefficient (Wildman–Crippen LogP) is 3.45. The summed E-state index contributed by atoms with van der Waals surface area (Å²) in [5.74, 6) is 0.257. The van der Waals surface area contributed by atoms with E-state index in [9.17, 15) is 14.4 Å². The predicted molar refractivity (Wildman–Crippen MR) is 123 cm³/mol. The molecule has 1 fully saturated rings. The average molecular weight is 447 g/mol. The fourth-order valence-corrected chi connectivity index (χ4v) is 3.76. The molecule has 0 saturated carbocycles. The van der Waals surface area contributed by atoms with Crippen LogP contribution in [0.25, 0.3) is 0 Å². The first kappa shape index (κ1) is 22.1. The molecule has 1 N–H and O–H groups in total. The number of carbonyl (C=O) groups is 3. The molecule has 0 bridgehead atoms. The maximum Gasteiger partial charge on any atom is 0.291 e. The number of nitrogens with zero attached hydrogens (tertiary/aromatic N) is 2. The van der Waals surface area contributed by atoms with Crippen LogP contribution in [-0.4, -0.2) is 60.8 Å². The number of carbonyl (C=O) groups excluding carboxylic acids is 3. The van der Waals surface area contributed by atoms with Crippen molar-refractivity contribution in [1.82, 2.24) is 9.80 Å². The van der Waals surface area contributed by atoms with Crippen LogP contribution in [0.15, 0.2) is 65.3 Å². The highest BCUT2D eigenvalue weighted by Gasteiger charge is 2.26. The quantitative estimate of drug-likeness (QED) is 0.647. The minimum Gasteiger partial charge on any atom is -0.496 e. The Bertz CT molecular complexity index is 1160. The van der Waals surface area contributed by atoms with Crippen LogP contribution < -0.4 is 10.1 Å². The van der Waals surface area contributed by atoms with Gasteiger partial charge in [-0.3, -0.25) is 14.4 Å². The highest BCUT2D eigenvalue weighted by Crippen LogP contribution is 2.21. The van der Waals surface area contributed by atoms with E-state index in [0.717, 1.165) is 5.56 Å². The minimum absolute atomic E-state index is 0.0805. The lowest BCUT2D eigenvalue weighted by Gasteiger charge is -2.35. The van der Waals surface area contributed by atoms with Gasteiger partial charge in [-0.15, -0.1) is 0 Å². The lowest BCUT2D eigenvalue weighted by atomic mass is 10.1. The van der Waals surface area contributed by atoms with Crippen LogP contribution in [0.5, 0.6) is 5.75 Å². The van der Waals surface area contributed by atoms with Crippen LogP contribution in [0.2, 0.25) is 0 Å². The molecule has 1 aliphatic heterocycles. The number of piperazine rings is 1. The number of methoxy groups -OCH3 is 1. The van der Waals surface area contributed by atoms with E-state index in [2.05, 4.69) is 5.32 Å². The standard InChI is InChI=1S/C25H25N3O5/c1-17-8-9-19(16-22(17)32-2)25(31)28-12-10-27(11-13-28)24(30)18-5-3-6-20(15-18)26-23(29)21-7-4-14-33-21/h3-9,14-16H,10-13H2,1-2H3,(H,26,29). The summed E-state index contributed by atoms with van der Waals surface area (Å²) in [6.45, 7) is 3.66. The van der Waals surface area contributed by atoms with E-state index in [1.165, 1.54) is 6.26 Å². The summed E-state index contributed by atoms with van der Waals surface area (Å²) >= 11 is 0. The van der Waals surface area contributed by atoms with Crippen LogP contribution >= 0.6 is 0 Å². The van der Waals surface area contributed by atoms with E-state index in [0.29, 0.717) is 48.7 Å². The molecule has 1 aromatic heterocycles. The Labute approximate surface area is 191 Å². The molecule has 33 heavy (non-hydrogen) atoms. The Morgan fingerprint density at radius 2 is 1.55 bits per heavy atom. The van der Waals surface area contributed by atoms with Gasteiger partial charge in [-0.05, 0) is 55.0 Å². The van der Waals surface area contributed by atoms with Gasteiger partial charge >= 0.3 is 0 Å². The molecular weight excluding hydrogens is 422 g/mol. The number of furan rings is 1. The van der Waals surface area contributed by atoms with Gasteiger partial charge in [0.2, 0.25) is 0 Å². The number of rotatable bonds is 5. The van der Waals surface area contributed by atoms with E-state index < -0.39 is 0 Å². The fourth-order valence-electron chi connectivity index (χ4n) is 3.76. The third-order valence-electron chi connectivity index (χ3n) is 5.62. The lowest BCUT2D eigenvalue weighted by molar-refractivity contribution is 0.0535. The third kappa shape index (κ3) is 4.90. The van der Waals surface area contributed by atoms with Gasteiger partial charge in [0.1, 0.15) is 5.75 Å². The first-order valence-electron chi connectivity index (χ1n) is 10.6. The number of hydrogen-bond donors (Lipinski definition) is 1. The molecule has 8 nitrogen and oxygen atoms in total. The van der Waals surface area contributed by atoms with Crippen molar-refractivity contribution in [2.45, 2.75) is 6.92 Å². The summed E-state index contributed by atoms with van der Waals surface area (Å²) in [5, 5.41) is 2.73. The number of nitrogens with one attached hydrogen (secondary N) is 1. The zero-order chi connectivity index (χ0) is 23.4. The van der Waals surface area contributed by atoms with Crippen molar-refractivity contribution in [2.75, 3.05) is 38.6 Å². The zero-order valence-corrected chi connectivity index (χ0v) is 18.5. The van der Waals surface area contributed by atoms with Gasteiger partial charge < -0.3 is 24.3 Å². The van der Waals surface area contributed by atoms with Gasteiger partial charge in [0, 0.05) is 43.0 Å². The van der Waals surface area contributed by atoms with Crippen molar-refractivity contribution in [3.8, 4) is 5.75 Å². The molecule has 170 valence electrons. The van der Waals surface area contributed by atoms with Gasteiger partial charge in [0.25, 0.3) is 17.7 Å². The molecule has 3 aromatic rings. The SMILES string of the molecule is COc1cc(C(=O)N2CCN(C(=O)c3cccc(NC(=O)c4ccco4)c3)CC2)ccc1C. The third-order valence-corrected chi connectivity index (χ3v) is 5.62. The van der Waals surface area contributed by atoms with E-state index in [1.807, 2.05) is 13.0 Å². The van der Waals surface area contributed by atoms with E-state index in [-0.39, 0.29) is 23.5 Å². The zero-order valence-electron chi connectivity index (χ0n) is 18.5. The molecule has 0 atom stereocenters. The second kappa shape index (κ2) is 9.60. The van der Waals surface area contributed by atoms with Gasteiger partial charge in [-0.2, -0.15) is 0 Å². The Hall–Kier alpha value is -4.07. The fraction of sp³-hybridized carbons (Fsp3) is 0.240. The average Bonchev–Trinajstić information content (AvgIpc) is 3.39. The minimum atomic E-state index is -0.385. The Kier molecular flexibility index (Phi) is 6.44. The highest BCUT2D eigenvalue weighted by atomic mass is 16.5. The Morgan fingerprint density at radius 3 is 2.15 bits per heavy atom. The van der Waals surface area contributed by atoms with Crippen LogP contribution in [-0.2, 0) is 0 Å².